The summed E-state index contributed by atoms with van der Waals surface area (Å²) in [5.74, 6) is -0.222. The highest BCUT2D eigenvalue weighted by Gasteiger charge is 2.10. The van der Waals surface area contributed by atoms with Crippen molar-refractivity contribution < 1.29 is 9.50 Å². The van der Waals surface area contributed by atoms with Gasteiger partial charge in [-0.25, -0.2) is 4.39 Å². The standard InChI is InChI=1S/C13H19BrFNO/c1-10(2)16(4-3-5-17)9-11-6-12(14)8-13(15)7-11/h6-8,10,17H,3-5,9H2,1-2H3. The minimum Gasteiger partial charge on any atom is -0.396 e. The second-order valence-corrected chi connectivity index (χ2v) is 5.33. The molecule has 0 aliphatic carbocycles. The van der Waals surface area contributed by atoms with Gasteiger partial charge in [0.05, 0.1) is 0 Å². The largest absolute Gasteiger partial charge is 0.396 e. The number of halogens is 2. The molecule has 1 rings (SSSR count). The van der Waals surface area contributed by atoms with Crippen LogP contribution in [0.5, 0.6) is 0 Å². The van der Waals surface area contributed by atoms with Gasteiger partial charge in [-0.05, 0) is 44.0 Å². The third-order valence-corrected chi connectivity index (χ3v) is 3.10. The number of aliphatic hydroxyl groups excluding tert-OH is 1. The normalized spacial score (nSPS) is 11.5. The SMILES string of the molecule is CC(C)N(CCCO)Cc1cc(F)cc(Br)c1. The Balaban J connectivity index is 2.71. The van der Waals surface area contributed by atoms with E-state index in [4.69, 9.17) is 5.11 Å². The summed E-state index contributed by atoms with van der Waals surface area (Å²) >= 11 is 3.29. The van der Waals surface area contributed by atoms with Crippen molar-refractivity contribution in [1.29, 1.82) is 0 Å². The Hall–Kier alpha value is -0.450. The van der Waals surface area contributed by atoms with E-state index in [0.717, 1.165) is 23.0 Å². The summed E-state index contributed by atoms with van der Waals surface area (Å²) in [4.78, 5) is 2.22. The molecule has 0 radical (unpaired) electrons. The number of rotatable bonds is 6. The van der Waals surface area contributed by atoms with Crippen LogP contribution in [-0.4, -0.2) is 29.2 Å². The van der Waals surface area contributed by atoms with E-state index in [1.54, 1.807) is 6.07 Å². The van der Waals surface area contributed by atoms with E-state index in [9.17, 15) is 4.39 Å². The predicted octanol–water partition coefficient (Wildman–Crippen LogP) is 3.18. The summed E-state index contributed by atoms with van der Waals surface area (Å²) in [6.45, 7) is 5.92. The van der Waals surface area contributed by atoms with Crippen molar-refractivity contribution in [3.63, 3.8) is 0 Å². The lowest BCUT2D eigenvalue weighted by Gasteiger charge is -2.26. The number of aliphatic hydroxyl groups is 1. The molecular weight excluding hydrogens is 285 g/mol. The van der Waals surface area contributed by atoms with Gasteiger partial charge < -0.3 is 5.11 Å². The summed E-state index contributed by atoms with van der Waals surface area (Å²) in [5.41, 5.74) is 0.948. The van der Waals surface area contributed by atoms with Crippen molar-refractivity contribution in [1.82, 2.24) is 4.90 Å². The zero-order chi connectivity index (χ0) is 12.8. The van der Waals surface area contributed by atoms with Crippen molar-refractivity contribution >= 4 is 15.9 Å². The van der Waals surface area contributed by atoms with Gasteiger partial charge in [0, 0.05) is 30.2 Å². The summed E-state index contributed by atoms with van der Waals surface area (Å²) < 4.78 is 14.0. The fourth-order valence-electron chi connectivity index (χ4n) is 1.73. The lowest BCUT2D eigenvalue weighted by molar-refractivity contribution is 0.184. The summed E-state index contributed by atoms with van der Waals surface area (Å²) in [7, 11) is 0. The average Bonchev–Trinajstić information content (AvgIpc) is 2.22. The van der Waals surface area contributed by atoms with Gasteiger partial charge in [0.2, 0.25) is 0 Å². The predicted molar refractivity (Wildman–Crippen MR) is 71.3 cm³/mol. The lowest BCUT2D eigenvalue weighted by Crippen LogP contribution is -2.31. The van der Waals surface area contributed by atoms with Crippen molar-refractivity contribution in [3.8, 4) is 0 Å². The Kier molecular flexibility index (Phi) is 6.09. The Labute approximate surface area is 111 Å². The highest BCUT2D eigenvalue weighted by molar-refractivity contribution is 9.10. The van der Waals surface area contributed by atoms with Crippen molar-refractivity contribution in [3.05, 3.63) is 34.1 Å². The van der Waals surface area contributed by atoms with E-state index in [2.05, 4.69) is 34.7 Å². The molecular formula is C13H19BrFNO. The van der Waals surface area contributed by atoms with E-state index in [0.29, 0.717) is 12.6 Å². The van der Waals surface area contributed by atoms with E-state index in [-0.39, 0.29) is 12.4 Å². The quantitative estimate of drug-likeness (QED) is 0.872. The molecule has 0 bridgehead atoms. The number of hydrogen-bond acceptors (Lipinski definition) is 2. The van der Waals surface area contributed by atoms with Crippen LogP contribution in [0.3, 0.4) is 0 Å². The maximum absolute atomic E-state index is 13.2. The first-order chi connectivity index (χ1) is 8.02. The Morgan fingerprint density at radius 3 is 2.59 bits per heavy atom. The molecule has 0 atom stereocenters. The van der Waals surface area contributed by atoms with Gasteiger partial charge >= 0.3 is 0 Å². The van der Waals surface area contributed by atoms with Crippen LogP contribution in [-0.2, 0) is 6.54 Å². The van der Waals surface area contributed by atoms with Crippen molar-refractivity contribution in [2.75, 3.05) is 13.2 Å². The van der Waals surface area contributed by atoms with Crippen LogP contribution in [0, 0.1) is 5.82 Å². The molecule has 1 aromatic rings. The number of nitrogens with zero attached hydrogens (tertiary/aromatic N) is 1. The topological polar surface area (TPSA) is 23.5 Å². The first-order valence-corrected chi connectivity index (χ1v) is 6.62. The maximum Gasteiger partial charge on any atom is 0.124 e. The molecule has 2 nitrogen and oxygen atoms in total. The smallest absolute Gasteiger partial charge is 0.124 e. The number of benzene rings is 1. The maximum atomic E-state index is 13.2. The molecule has 1 aromatic carbocycles. The van der Waals surface area contributed by atoms with Gasteiger partial charge in [-0.2, -0.15) is 0 Å². The Morgan fingerprint density at radius 1 is 1.35 bits per heavy atom. The molecule has 96 valence electrons. The van der Waals surface area contributed by atoms with Crippen LogP contribution < -0.4 is 0 Å². The molecule has 0 aliphatic rings. The van der Waals surface area contributed by atoms with Crippen LogP contribution in [0.15, 0.2) is 22.7 Å². The summed E-state index contributed by atoms with van der Waals surface area (Å²) in [6, 6.07) is 5.32. The molecule has 0 aliphatic heterocycles. The number of hydrogen-bond donors (Lipinski definition) is 1. The van der Waals surface area contributed by atoms with Crippen LogP contribution >= 0.6 is 15.9 Å². The zero-order valence-corrected chi connectivity index (χ0v) is 11.9. The first-order valence-electron chi connectivity index (χ1n) is 5.83. The molecule has 0 aromatic heterocycles. The molecule has 0 amide bonds. The summed E-state index contributed by atoms with van der Waals surface area (Å²) in [6.07, 6.45) is 0.745. The highest BCUT2D eigenvalue weighted by Crippen LogP contribution is 2.17. The molecule has 4 heteroatoms. The Bertz CT molecular complexity index is 337. The van der Waals surface area contributed by atoms with Gasteiger partial charge in [-0.15, -0.1) is 0 Å². The second kappa shape index (κ2) is 7.09. The van der Waals surface area contributed by atoms with Crippen LogP contribution in [0.25, 0.3) is 0 Å². The monoisotopic (exact) mass is 303 g/mol. The Morgan fingerprint density at radius 2 is 2.06 bits per heavy atom. The van der Waals surface area contributed by atoms with Crippen molar-refractivity contribution in [2.45, 2.75) is 32.9 Å². The molecule has 0 unspecified atom stereocenters. The molecule has 0 spiro atoms. The molecule has 0 saturated heterocycles. The minimum atomic E-state index is -0.222. The molecule has 0 fully saturated rings. The van der Waals surface area contributed by atoms with Gasteiger partial charge in [0.1, 0.15) is 5.82 Å². The van der Waals surface area contributed by atoms with E-state index < -0.39 is 0 Å². The second-order valence-electron chi connectivity index (χ2n) is 4.42. The average molecular weight is 304 g/mol. The van der Waals surface area contributed by atoms with E-state index >= 15 is 0 Å². The molecule has 17 heavy (non-hydrogen) atoms. The van der Waals surface area contributed by atoms with Gasteiger partial charge in [-0.3, -0.25) is 4.90 Å². The third kappa shape index (κ3) is 5.15. The fraction of sp³-hybridized carbons (Fsp3) is 0.538. The lowest BCUT2D eigenvalue weighted by atomic mass is 10.1. The zero-order valence-electron chi connectivity index (χ0n) is 10.3. The van der Waals surface area contributed by atoms with Crippen LogP contribution in [0.1, 0.15) is 25.8 Å². The summed E-state index contributed by atoms with van der Waals surface area (Å²) in [5, 5.41) is 8.86. The molecule has 1 N–H and O–H groups in total. The van der Waals surface area contributed by atoms with Crippen LogP contribution in [0.4, 0.5) is 4.39 Å². The first kappa shape index (κ1) is 14.6. The highest BCUT2D eigenvalue weighted by atomic mass is 79.9. The molecule has 0 saturated carbocycles. The van der Waals surface area contributed by atoms with Crippen molar-refractivity contribution in [2.24, 2.45) is 0 Å². The van der Waals surface area contributed by atoms with Gasteiger partial charge in [0.25, 0.3) is 0 Å². The van der Waals surface area contributed by atoms with Gasteiger partial charge in [0.15, 0.2) is 0 Å². The van der Waals surface area contributed by atoms with Gasteiger partial charge in [-0.1, -0.05) is 15.9 Å². The van der Waals surface area contributed by atoms with Crippen LogP contribution in [0.2, 0.25) is 0 Å². The van der Waals surface area contributed by atoms with E-state index in [1.807, 2.05) is 6.07 Å². The van der Waals surface area contributed by atoms with E-state index in [1.165, 1.54) is 6.07 Å². The third-order valence-electron chi connectivity index (χ3n) is 2.64. The molecule has 0 heterocycles. The fourth-order valence-corrected chi connectivity index (χ4v) is 2.24. The minimum absolute atomic E-state index is 0.191.